The maximum Gasteiger partial charge on any atom is 0.145 e. The molecule has 3 nitrogen and oxygen atoms in total. The first-order chi connectivity index (χ1) is 7.80. The van der Waals surface area contributed by atoms with Crippen molar-refractivity contribution in [2.24, 2.45) is 4.40 Å². The molecule has 0 aliphatic rings. The van der Waals surface area contributed by atoms with E-state index in [0.29, 0.717) is 0 Å². The van der Waals surface area contributed by atoms with Crippen molar-refractivity contribution >= 4 is 29.2 Å². The van der Waals surface area contributed by atoms with Crippen LogP contribution in [0.25, 0.3) is 0 Å². The first-order valence-electron chi connectivity index (χ1n) is 5.06. The Hall–Kier alpha value is -0.650. The van der Waals surface area contributed by atoms with Crippen molar-refractivity contribution in [3.05, 3.63) is 28.8 Å². The van der Waals surface area contributed by atoms with Gasteiger partial charge in [0.05, 0.1) is 11.9 Å². The number of hydrogen-bond donors (Lipinski definition) is 0. The normalized spacial score (nSPS) is 14.2. The van der Waals surface area contributed by atoms with Crippen molar-refractivity contribution in [1.29, 1.82) is 0 Å². The van der Waals surface area contributed by atoms with E-state index in [1.165, 1.54) is 18.3 Å². The van der Waals surface area contributed by atoms with E-state index in [1.54, 1.807) is 0 Å². The smallest absolute Gasteiger partial charge is 0.145 e. The van der Waals surface area contributed by atoms with Gasteiger partial charge in [0.15, 0.2) is 0 Å². The van der Waals surface area contributed by atoms with E-state index in [0.717, 1.165) is 0 Å². The molecule has 0 amide bonds. The molecule has 1 aromatic heterocycles. The first-order valence-corrected chi connectivity index (χ1v) is 6.54. The fourth-order valence-corrected chi connectivity index (χ4v) is 1.64. The lowest BCUT2D eigenvalue weighted by Gasteiger charge is -2.17. The second-order valence-corrected chi connectivity index (χ2v) is 6.74. The van der Waals surface area contributed by atoms with E-state index < -0.39 is 21.9 Å². The second kappa shape index (κ2) is 5.80. The molecule has 0 radical (unpaired) electrons. The van der Waals surface area contributed by atoms with Crippen LogP contribution in [0.1, 0.15) is 26.5 Å². The number of rotatable bonds is 3. The van der Waals surface area contributed by atoms with Crippen molar-refractivity contribution in [1.82, 2.24) is 4.98 Å². The summed E-state index contributed by atoms with van der Waals surface area (Å²) in [4.78, 5) is 3.83. The van der Waals surface area contributed by atoms with Crippen LogP contribution in [0, 0.1) is 5.82 Å². The fourth-order valence-electron chi connectivity index (χ4n) is 0.950. The van der Waals surface area contributed by atoms with Crippen LogP contribution >= 0.6 is 11.6 Å². The van der Waals surface area contributed by atoms with Crippen LogP contribution in [0.15, 0.2) is 16.5 Å². The average molecular weight is 277 g/mol. The summed E-state index contributed by atoms with van der Waals surface area (Å²) in [5.74, 6) is -0.442. The molecule has 0 saturated heterocycles. The number of nitrogens with zero attached hydrogens (tertiary/aromatic N) is 2. The SMILES string of the molecule is CC(C)(C)[S+]([O-])N=CCc1nc(Cl)ccc1F. The van der Waals surface area contributed by atoms with E-state index in [-0.39, 0.29) is 17.3 Å². The summed E-state index contributed by atoms with van der Waals surface area (Å²) in [6.07, 6.45) is 1.58. The van der Waals surface area contributed by atoms with Crippen LogP contribution in [0.4, 0.5) is 4.39 Å². The van der Waals surface area contributed by atoms with Gasteiger partial charge < -0.3 is 4.55 Å². The molecule has 0 N–H and O–H groups in total. The molecule has 1 heterocycles. The lowest BCUT2D eigenvalue weighted by molar-refractivity contribution is 0.561. The van der Waals surface area contributed by atoms with Crippen molar-refractivity contribution in [2.45, 2.75) is 31.9 Å². The van der Waals surface area contributed by atoms with Crippen LogP contribution in [-0.2, 0) is 17.8 Å². The lowest BCUT2D eigenvalue weighted by Crippen LogP contribution is -2.25. The van der Waals surface area contributed by atoms with Crippen LogP contribution in [0.2, 0.25) is 5.15 Å². The first kappa shape index (κ1) is 14.4. The Bertz CT molecular complexity index is 420. The van der Waals surface area contributed by atoms with Crippen molar-refractivity contribution in [2.75, 3.05) is 0 Å². The fraction of sp³-hybridized carbons (Fsp3) is 0.455. The molecule has 0 spiro atoms. The quantitative estimate of drug-likeness (QED) is 0.484. The van der Waals surface area contributed by atoms with Gasteiger partial charge in [0.2, 0.25) is 0 Å². The summed E-state index contributed by atoms with van der Waals surface area (Å²) in [5.41, 5.74) is 0.201. The minimum absolute atomic E-state index is 0.175. The molecule has 94 valence electrons. The van der Waals surface area contributed by atoms with Gasteiger partial charge in [-0.05, 0) is 32.9 Å². The topological polar surface area (TPSA) is 48.3 Å². The third-order valence-corrected chi connectivity index (χ3v) is 3.46. The van der Waals surface area contributed by atoms with Gasteiger partial charge in [-0.1, -0.05) is 16.0 Å². The Kier molecular flexibility index (Phi) is 4.91. The van der Waals surface area contributed by atoms with Crippen LogP contribution in [0.3, 0.4) is 0 Å². The van der Waals surface area contributed by atoms with Gasteiger partial charge in [0.1, 0.15) is 27.1 Å². The summed E-state index contributed by atoms with van der Waals surface area (Å²) in [6.45, 7) is 5.45. The van der Waals surface area contributed by atoms with Crippen molar-refractivity contribution in [3.8, 4) is 0 Å². The molecule has 6 heteroatoms. The number of aromatic nitrogens is 1. The highest BCUT2D eigenvalue weighted by Gasteiger charge is 2.25. The Labute approximate surface area is 108 Å². The highest BCUT2D eigenvalue weighted by Crippen LogP contribution is 2.16. The molecule has 1 rings (SSSR count). The van der Waals surface area contributed by atoms with Crippen molar-refractivity contribution in [3.63, 3.8) is 0 Å². The minimum Gasteiger partial charge on any atom is -0.591 e. The zero-order valence-electron chi connectivity index (χ0n) is 9.91. The van der Waals surface area contributed by atoms with Gasteiger partial charge in [0.25, 0.3) is 0 Å². The van der Waals surface area contributed by atoms with Crippen molar-refractivity contribution < 1.29 is 8.94 Å². The van der Waals surface area contributed by atoms with Gasteiger partial charge >= 0.3 is 0 Å². The van der Waals surface area contributed by atoms with Gasteiger partial charge in [-0.15, -0.1) is 0 Å². The zero-order valence-corrected chi connectivity index (χ0v) is 11.5. The Balaban J connectivity index is 2.67. The molecule has 0 aromatic carbocycles. The standard InChI is InChI=1S/C11H14ClFN2OS/c1-11(2,3)17(16)14-7-6-9-8(13)4-5-10(12)15-9/h4-5,7H,6H2,1-3H3. The predicted molar refractivity (Wildman–Crippen MR) is 69.3 cm³/mol. The van der Waals surface area contributed by atoms with Crippen LogP contribution in [-0.4, -0.2) is 20.5 Å². The minimum atomic E-state index is -1.34. The average Bonchev–Trinajstić information content (AvgIpc) is 2.21. The van der Waals surface area contributed by atoms with Crippen LogP contribution < -0.4 is 0 Å². The molecule has 1 unspecified atom stereocenters. The highest BCUT2D eigenvalue weighted by molar-refractivity contribution is 7.91. The largest absolute Gasteiger partial charge is 0.591 e. The molecule has 1 atom stereocenters. The van der Waals surface area contributed by atoms with E-state index in [4.69, 9.17) is 11.6 Å². The highest BCUT2D eigenvalue weighted by atomic mass is 35.5. The second-order valence-electron chi connectivity index (χ2n) is 4.42. The molecule has 0 aliphatic carbocycles. The van der Waals surface area contributed by atoms with Gasteiger partial charge in [-0.3, -0.25) is 0 Å². The third kappa shape index (κ3) is 4.61. The molecule has 17 heavy (non-hydrogen) atoms. The predicted octanol–water partition coefficient (Wildman–Crippen LogP) is 2.95. The summed E-state index contributed by atoms with van der Waals surface area (Å²) in [7, 11) is 0. The zero-order chi connectivity index (χ0) is 13.1. The van der Waals surface area contributed by atoms with Gasteiger partial charge in [0, 0.05) is 6.42 Å². The van der Waals surface area contributed by atoms with Crippen LogP contribution in [0.5, 0.6) is 0 Å². The van der Waals surface area contributed by atoms with E-state index in [2.05, 4.69) is 9.38 Å². The number of pyridine rings is 1. The molecule has 0 aliphatic heterocycles. The summed E-state index contributed by atoms with van der Waals surface area (Å²) in [6, 6.07) is 2.63. The molecule has 0 saturated carbocycles. The monoisotopic (exact) mass is 276 g/mol. The molecule has 0 fully saturated rings. The van der Waals surface area contributed by atoms with E-state index in [9.17, 15) is 8.94 Å². The Morgan fingerprint density at radius 2 is 2.18 bits per heavy atom. The molecular weight excluding hydrogens is 263 g/mol. The molecule has 1 aromatic rings. The summed E-state index contributed by atoms with van der Waals surface area (Å²) in [5, 5.41) is 0.228. The Morgan fingerprint density at radius 1 is 1.53 bits per heavy atom. The van der Waals surface area contributed by atoms with E-state index >= 15 is 0 Å². The molecular formula is C11H14ClFN2OS. The van der Waals surface area contributed by atoms with Gasteiger partial charge in [-0.25, -0.2) is 9.37 Å². The molecule has 0 bridgehead atoms. The lowest BCUT2D eigenvalue weighted by atomic mass is 10.3. The summed E-state index contributed by atoms with van der Waals surface area (Å²) >= 11 is 4.31. The Morgan fingerprint density at radius 3 is 2.76 bits per heavy atom. The summed E-state index contributed by atoms with van der Waals surface area (Å²) < 4.78 is 28.3. The maximum absolute atomic E-state index is 13.3. The van der Waals surface area contributed by atoms with Gasteiger partial charge in [-0.2, -0.15) is 0 Å². The maximum atomic E-state index is 13.3. The number of halogens is 2. The number of hydrogen-bond acceptors (Lipinski definition) is 3. The third-order valence-electron chi connectivity index (χ3n) is 1.86. The van der Waals surface area contributed by atoms with E-state index in [1.807, 2.05) is 20.8 Å².